The standard InChI is InChI=1S/C8H15N3OS/c1-3-9-8(13)11-5-4-10(2)7(12)6-11/h3-6H2,1-2H3,(H,9,13). The minimum absolute atomic E-state index is 0.131. The number of nitrogens with one attached hydrogen (secondary N) is 1. The van der Waals surface area contributed by atoms with Gasteiger partial charge in [-0.2, -0.15) is 0 Å². The topological polar surface area (TPSA) is 35.6 Å². The number of amides is 1. The molecule has 0 spiro atoms. The third-order valence-corrected chi connectivity index (χ3v) is 2.47. The Kier molecular flexibility index (Phi) is 3.48. The minimum atomic E-state index is 0.131. The molecule has 0 aromatic rings. The van der Waals surface area contributed by atoms with E-state index in [-0.39, 0.29) is 5.91 Å². The first kappa shape index (κ1) is 10.2. The Morgan fingerprint density at radius 3 is 2.85 bits per heavy atom. The smallest absolute Gasteiger partial charge is 0.241 e. The molecule has 4 nitrogen and oxygen atoms in total. The predicted molar refractivity (Wildman–Crippen MR) is 55.5 cm³/mol. The van der Waals surface area contributed by atoms with Crippen LogP contribution in [0.15, 0.2) is 0 Å². The lowest BCUT2D eigenvalue weighted by molar-refractivity contribution is -0.132. The second kappa shape index (κ2) is 4.41. The van der Waals surface area contributed by atoms with Gasteiger partial charge in [-0.3, -0.25) is 4.79 Å². The van der Waals surface area contributed by atoms with Crippen molar-refractivity contribution >= 4 is 23.2 Å². The molecule has 0 aromatic carbocycles. The number of hydrogen-bond donors (Lipinski definition) is 1. The Morgan fingerprint density at radius 1 is 1.62 bits per heavy atom. The second-order valence-electron chi connectivity index (χ2n) is 3.07. The van der Waals surface area contributed by atoms with Crippen molar-refractivity contribution in [3.8, 4) is 0 Å². The highest BCUT2D eigenvalue weighted by molar-refractivity contribution is 7.80. The number of hydrogen-bond acceptors (Lipinski definition) is 2. The van der Waals surface area contributed by atoms with E-state index in [0.717, 1.165) is 19.6 Å². The highest BCUT2D eigenvalue weighted by Crippen LogP contribution is 2.00. The molecule has 5 heteroatoms. The first-order chi connectivity index (χ1) is 6.15. The molecule has 1 amide bonds. The number of likely N-dealkylation sites (N-methyl/N-ethyl adjacent to an activating group) is 1. The molecule has 13 heavy (non-hydrogen) atoms. The molecule has 1 aliphatic rings. The van der Waals surface area contributed by atoms with Crippen molar-refractivity contribution in [3.63, 3.8) is 0 Å². The Bertz CT molecular complexity index is 219. The fraction of sp³-hybridized carbons (Fsp3) is 0.750. The molecule has 1 N–H and O–H groups in total. The van der Waals surface area contributed by atoms with Gasteiger partial charge in [-0.1, -0.05) is 0 Å². The van der Waals surface area contributed by atoms with Crippen LogP contribution in [0.3, 0.4) is 0 Å². The van der Waals surface area contributed by atoms with Gasteiger partial charge >= 0.3 is 0 Å². The summed E-state index contributed by atoms with van der Waals surface area (Å²) >= 11 is 5.11. The van der Waals surface area contributed by atoms with Crippen molar-refractivity contribution < 1.29 is 4.79 Å². The molecule has 1 heterocycles. The third-order valence-electron chi connectivity index (χ3n) is 2.07. The fourth-order valence-electron chi connectivity index (χ4n) is 1.19. The van der Waals surface area contributed by atoms with Gasteiger partial charge in [-0.25, -0.2) is 0 Å². The van der Waals surface area contributed by atoms with E-state index < -0.39 is 0 Å². The van der Waals surface area contributed by atoms with Crippen molar-refractivity contribution in [1.82, 2.24) is 15.1 Å². The molecule has 0 radical (unpaired) electrons. The molecule has 0 saturated carbocycles. The van der Waals surface area contributed by atoms with Crippen LogP contribution in [-0.4, -0.2) is 54.0 Å². The maximum atomic E-state index is 11.3. The molecule has 74 valence electrons. The van der Waals surface area contributed by atoms with Gasteiger partial charge in [-0.15, -0.1) is 0 Å². The summed E-state index contributed by atoms with van der Waals surface area (Å²) in [6, 6.07) is 0. The van der Waals surface area contributed by atoms with E-state index >= 15 is 0 Å². The Hall–Kier alpha value is -0.840. The predicted octanol–water partition coefficient (Wildman–Crippen LogP) is -0.345. The Morgan fingerprint density at radius 2 is 2.31 bits per heavy atom. The van der Waals surface area contributed by atoms with Gasteiger partial charge in [0, 0.05) is 26.7 Å². The van der Waals surface area contributed by atoms with Crippen LogP contribution >= 0.6 is 12.2 Å². The van der Waals surface area contributed by atoms with E-state index in [9.17, 15) is 4.79 Å². The van der Waals surface area contributed by atoms with Crippen LogP contribution in [0.5, 0.6) is 0 Å². The van der Waals surface area contributed by atoms with Gasteiger partial charge in [-0.05, 0) is 19.1 Å². The number of piperazine rings is 1. The maximum Gasteiger partial charge on any atom is 0.241 e. The highest BCUT2D eigenvalue weighted by Gasteiger charge is 2.21. The van der Waals surface area contributed by atoms with Crippen LogP contribution < -0.4 is 5.32 Å². The number of carbonyl (C=O) groups is 1. The minimum Gasteiger partial charge on any atom is -0.363 e. The summed E-state index contributed by atoms with van der Waals surface area (Å²) in [7, 11) is 1.82. The summed E-state index contributed by atoms with van der Waals surface area (Å²) in [4.78, 5) is 14.9. The molecule has 0 aromatic heterocycles. The summed E-state index contributed by atoms with van der Waals surface area (Å²) in [6.07, 6.45) is 0. The number of rotatable bonds is 1. The van der Waals surface area contributed by atoms with Gasteiger partial charge < -0.3 is 15.1 Å². The van der Waals surface area contributed by atoms with Crippen molar-refractivity contribution in [2.75, 3.05) is 33.2 Å². The number of nitrogens with zero attached hydrogens (tertiary/aromatic N) is 2. The van der Waals surface area contributed by atoms with E-state index in [4.69, 9.17) is 12.2 Å². The summed E-state index contributed by atoms with van der Waals surface area (Å²) in [5.74, 6) is 0.131. The summed E-state index contributed by atoms with van der Waals surface area (Å²) in [5.41, 5.74) is 0. The lowest BCUT2D eigenvalue weighted by atomic mass is 10.3. The molecular formula is C8H15N3OS. The van der Waals surface area contributed by atoms with Gasteiger partial charge in [0.25, 0.3) is 0 Å². The molecular weight excluding hydrogens is 186 g/mol. The van der Waals surface area contributed by atoms with Crippen molar-refractivity contribution in [1.29, 1.82) is 0 Å². The third kappa shape index (κ3) is 2.55. The lowest BCUT2D eigenvalue weighted by Crippen LogP contribution is -2.53. The molecule has 0 unspecified atom stereocenters. The molecule has 1 saturated heterocycles. The van der Waals surface area contributed by atoms with Crippen LogP contribution in [0.4, 0.5) is 0 Å². The molecule has 0 bridgehead atoms. The average molecular weight is 201 g/mol. The van der Waals surface area contributed by atoms with Crippen LogP contribution in [0.1, 0.15) is 6.92 Å². The maximum absolute atomic E-state index is 11.3. The summed E-state index contributed by atoms with van der Waals surface area (Å²) in [5, 5.41) is 3.72. The zero-order valence-electron chi connectivity index (χ0n) is 8.04. The van der Waals surface area contributed by atoms with E-state index in [1.54, 1.807) is 4.90 Å². The average Bonchev–Trinajstić information content (AvgIpc) is 2.10. The van der Waals surface area contributed by atoms with Gasteiger partial charge in [0.1, 0.15) is 0 Å². The molecule has 1 fully saturated rings. The SMILES string of the molecule is CCNC(=S)N1CCN(C)C(=O)C1. The molecule has 0 aliphatic carbocycles. The second-order valence-corrected chi connectivity index (χ2v) is 3.46. The van der Waals surface area contributed by atoms with Crippen molar-refractivity contribution in [2.45, 2.75) is 6.92 Å². The van der Waals surface area contributed by atoms with Gasteiger partial charge in [0.15, 0.2) is 5.11 Å². The van der Waals surface area contributed by atoms with Gasteiger partial charge in [0.2, 0.25) is 5.91 Å². The first-order valence-corrected chi connectivity index (χ1v) is 4.82. The van der Waals surface area contributed by atoms with Crippen LogP contribution in [0, 0.1) is 0 Å². The number of carbonyl (C=O) groups excluding carboxylic acids is 1. The zero-order valence-corrected chi connectivity index (χ0v) is 8.86. The highest BCUT2D eigenvalue weighted by atomic mass is 32.1. The Balaban J connectivity index is 2.45. The Labute approximate surface area is 83.9 Å². The molecule has 1 rings (SSSR count). The van der Waals surface area contributed by atoms with Crippen LogP contribution in [0.25, 0.3) is 0 Å². The van der Waals surface area contributed by atoms with Crippen molar-refractivity contribution in [2.24, 2.45) is 0 Å². The van der Waals surface area contributed by atoms with E-state index in [2.05, 4.69) is 5.32 Å². The monoisotopic (exact) mass is 201 g/mol. The zero-order chi connectivity index (χ0) is 9.84. The number of thiocarbonyl (C=S) groups is 1. The van der Waals surface area contributed by atoms with Crippen LogP contribution in [-0.2, 0) is 4.79 Å². The quantitative estimate of drug-likeness (QED) is 0.589. The summed E-state index contributed by atoms with van der Waals surface area (Å²) in [6.45, 7) is 4.78. The molecule has 0 atom stereocenters. The molecule has 1 aliphatic heterocycles. The van der Waals surface area contributed by atoms with E-state index in [1.807, 2.05) is 18.9 Å². The van der Waals surface area contributed by atoms with E-state index in [0.29, 0.717) is 11.7 Å². The van der Waals surface area contributed by atoms with Crippen LogP contribution in [0.2, 0.25) is 0 Å². The van der Waals surface area contributed by atoms with E-state index in [1.165, 1.54) is 0 Å². The van der Waals surface area contributed by atoms with Gasteiger partial charge in [0.05, 0.1) is 6.54 Å². The summed E-state index contributed by atoms with van der Waals surface area (Å²) < 4.78 is 0. The van der Waals surface area contributed by atoms with Crippen molar-refractivity contribution in [3.05, 3.63) is 0 Å². The normalized spacial score (nSPS) is 17.5. The lowest BCUT2D eigenvalue weighted by Gasteiger charge is -2.33. The first-order valence-electron chi connectivity index (χ1n) is 4.42. The fourth-order valence-corrected chi connectivity index (χ4v) is 1.50. The largest absolute Gasteiger partial charge is 0.363 e.